The smallest absolute Gasteiger partial charge is 0.416 e. The summed E-state index contributed by atoms with van der Waals surface area (Å²) in [6.45, 7) is 6.65. The van der Waals surface area contributed by atoms with E-state index in [0.29, 0.717) is 6.54 Å². The van der Waals surface area contributed by atoms with Crippen LogP contribution in [0.1, 0.15) is 26.3 Å². The molecule has 1 aliphatic rings. The minimum atomic E-state index is -4.41. The number of halogens is 3. The molecule has 27 heavy (non-hydrogen) atoms. The van der Waals surface area contributed by atoms with Crippen molar-refractivity contribution in [1.82, 2.24) is 14.8 Å². The van der Waals surface area contributed by atoms with Gasteiger partial charge in [0.25, 0.3) is 0 Å². The molecule has 0 N–H and O–H groups in total. The second-order valence-electron chi connectivity index (χ2n) is 7.48. The van der Waals surface area contributed by atoms with Crippen molar-refractivity contribution >= 4 is 0 Å². The van der Waals surface area contributed by atoms with Crippen LogP contribution in [0, 0.1) is 5.41 Å². The molecule has 1 aliphatic heterocycles. The number of hydrogen-bond acceptors (Lipinski definition) is 5. The number of ether oxygens (including phenoxy) is 3. The number of aromatic nitrogens is 3. The first-order chi connectivity index (χ1) is 12.6. The molecule has 148 valence electrons. The van der Waals surface area contributed by atoms with E-state index in [1.807, 2.05) is 20.8 Å². The van der Waals surface area contributed by atoms with Gasteiger partial charge in [0.05, 0.1) is 18.7 Å². The van der Waals surface area contributed by atoms with Gasteiger partial charge in [-0.3, -0.25) is 0 Å². The molecule has 2 atom stereocenters. The summed E-state index contributed by atoms with van der Waals surface area (Å²) in [6, 6.07) is 4.78. The van der Waals surface area contributed by atoms with E-state index < -0.39 is 23.6 Å². The van der Waals surface area contributed by atoms with Crippen molar-refractivity contribution in [3.05, 3.63) is 42.5 Å². The first-order valence-corrected chi connectivity index (χ1v) is 8.53. The molecule has 0 aliphatic carbocycles. The Kier molecular flexibility index (Phi) is 5.18. The summed E-state index contributed by atoms with van der Waals surface area (Å²) in [7, 11) is 0. The van der Waals surface area contributed by atoms with E-state index in [-0.39, 0.29) is 24.4 Å². The van der Waals surface area contributed by atoms with Crippen LogP contribution in [0.15, 0.2) is 36.9 Å². The van der Waals surface area contributed by atoms with E-state index in [4.69, 9.17) is 14.2 Å². The number of alkyl halides is 3. The van der Waals surface area contributed by atoms with E-state index in [1.54, 1.807) is 11.0 Å². The summed E-state index contributed by atoms with van der Waals surface area (Å²) < 4.78 is 57.7. The van der Waals surface area contributed by atoms with Crippen LogP contribution in [0.2, 0.25) is 0 Å². The molecule has 2 unspecified atom stereocenters. The number of benzene rings is 1. The van der Waals surface area contributed by atoms with Gasteiger partial charge in [-0.05, 0) is 18.2 Å². The fraction of sp³-hybridized carbons (Fsp3) is 0.556. The van der Waals surface area contributed by atoms with Crippen molar-refractivity contribution < 1.29 is 27.4 Å². The zero-order chi connectivity index (χ0) is 19.7. The van der Waals surface area contributed by atoms with Crippen molar-refractivity contribution in [2.45, 2.75) is 45.4 Å². The maximum atomic E-state index is 12.8. The summed E-state index contributed by atoms with van der Waals surface area (Å²) in [6.07, 6.45) is -1.82. The van der Waals surface area contributed by atoms with Gasteiger partial charge in [-0.2, -0.15) is 18.3 Å². The highest BCUT2D eigenvalue weighted by Crippen LogP contribution is 2.41. The molecule has 6 nitrogen and oxygen atoms in total. The molecule has 0 saturated carbocycles. The summed E-state index contributed by atoms with van der Waals surface area (Å²) >= 11 is 0. The van der Waals surface area contributed by atoms with E-state index in [9.17, 15) is 13.2 Å². The number of nitrogens with zero attached hydrogens (tertiary/aromatic N) is 3. The Labute approximate surface area is 155 Å². The lowest BCUT2D eigenvalue weighted by Gasteiger charge is -2.39. The standard InChI is InChI=1S/C18H22F3N3O3/c1-16(2,3)17(10-24-12-22-11-23-24)26-9-15(27-17)8-25-14-6-4-5-13(7-14)18(19,20)21/h4-7,11-12,15H,8-10H2,1-3H3. The molecule has 1 saturated heterocycles. The van der Waals surface area contributed by atoms with Gasteiger partial charge in [0.15, 0.2) is 5.79 Å². The largest absolute Gasteiger partial charge is 0.491 e. The fourth-order valence-electron chi connectivity index (χ4n) is 2.84. The zero-order valence-electron chi connectivity index (χ0n) is 15.4. The molecule has 1 aromatic carbocycles. The SMILES string of the molecule is CC(C)(C)C1(Cn2cncn2)OCC(COc2cccc(C(F)(F)F)c2)O1. The van der Waals surface area contributed by atoms with Crippen LogP contribution >= 0.6 is 0 Å². The summed E-state index contributed by atoms with van der Waals surface area (Å²) in [4.78, 5) is 3.92. The van der Waals surface area contributed by atoms with Crippen molar-refractivity contribution in [3.8, 4) is 5.75 Å². The molecule has 0 amide bonds. The molecule has 0 bridgehead atoms. The van der Waals surface area contributed by atoms with Crippen molar-refractivity contribution in [2.75, 3.05) is 13.2 Å². The van der Waals surface area contributed by atoms with Crippen molar-refractivity contribution in [3.63, 3.8) is 0 Å². The predicted molar refractivity (Wildman–Crippen MR) is 90.0 cm³/mol. The van der Waals surface area contributed by atoms with E-state index in [2.05, 4.69) is 10.1 Å². The van der Waals surface area contributed by atoms with Crippen molar-refractivity contribution in [2.24, 2.45) is 5.41 Å². The Morgan fingerprint density at radius 3 is 2.70 bits per heavy atom. The van der Waals surface area contributed by atoms with Crippen LogP contribution in [0.5, 0.6) is 5.75 Å². The van der Waals surface area contributed by atoms with Crippen LogP contribution in [0.25, 0.3) is 0 Å². The lowest BCUT2D eigenvalue weighted by atomic mass is 9.85. The summed E-state index contributed by atoms with van der Waals surface area (Å²) in [5.41, 5.74) is -1.12. The Morgan fingerprint density at radius 2 is 2.07 bits per heavy atom. The predicted octanol–water partition coefficient (Wildman–Crippen LogP) is 3.53. The Bertz CT molecular complexity index is 759. The van der Waals surface area contributed by atoms with Crippen LogP contribution < -0.4 is 4.74 Å². The van der Waals surface area contributed by atoms with E-state index >= 15 is 0 Å². The third-order valence-corrected chi connectivity index (χ3v) is 4.44. The average molecular weight is 385 g/mol. The fourth-order valence-corrected chi connectivity index (χ4v) is 2.84. The van der Waals surface area contributed by atoms with Gasteiger partial charge in [0.2, 0.25) is 0 Å². The van der Waals surface area contributed by atoms with E-state index in [0.717, 1.165) is 12.1 Å². The molecule has 9 heteroatoms. The average Bonchev–Trinajstić information content (AvgIpc) is 3.23. The van der Waals surface area contributed by atoms with Crippen LogP contribution in [-0.4, -0.2) is 39.9 Å². The van der Waals surface area contributed by atoms with Gasteiger partial charge < -0.3 is 14.2 Å². The molecule has 0 radical (unpaired) electrons. The first-order valence-electron chi connectivity index (χ1n) is 8.53. The highest BCUT2D eigenvalue weighted by molar-refractivity contribution is 5.30. The van der Waals surface area contributed by atoms with Crippen LogP contribution in [0.4, 0.5) is 13.2 Å². The number of hydrogen-bond donors (Lipinski definition) is 0. The molecular formula is C18H22F3N3O3. The molecule has 2 aromatic rings. The molecule has 1 fully saturated rings. The van der Waals surface area contributed by atoms with Gasteiger partial charge in [0.1, 0.15) is 31.1 Å². The van der Waals surface area contributed by atoms with Crippen molar-refractivity contribution in [1.29, 1.82) is 0 Å². The minimum Gasteiger partial charge on any atom is -0.491 e. The highest BCUT2D eigenvalue weighted by Gasteiger charge is 2.51. The summed E-state index contributed by atoms with van der Waals surface area (Å²) in [5, 5.41) is 4.10. The highest BCUT2D eigenvalue weighted by atomic mass is 19.4. The van der Waals surface area contributed by atoms with Crippen LogP contribution in [-0.2, 0) is 22.2 Å². The van der Waals surface area contributed by atoms with Crippen LogP contribution in [0.3, 0.4) is 0 Å². The molecule has 1 aromatic heterocycles. The Morgan fingerprint density at radius 1 is 1.30 bits per heavy atom. The second-order valence-corrected chi connectivity index (χ2v) is 7.48. The van der Waals surface area contributed by atoms with Gasteiger partial charge in [-0.1, -0.05) is 26.8 Å². The lowest BCUT2D eigenvalue weighted by Crippen LogP contribution is -2.48. The normalized spacial score (nSPS) is 23.6. The lowest BCUT2D eigenvalue weighted by molar-refractivity contribution is -0.242. The molecule has 2 heterocycles. The molecule has 0 spiro atoms. The number of rotatable bonds is 5. The third kappa shape index (κ3) is 4.41. The maximum absolute atomic E-state index is 12.8. The second kappa shape index (κ2) is 7.12. The molecule has 3 rings (SSSR count). The first kappa shape index (κ1) is 19.6. The van der Waals surface area contributed by atoms with Gasteiger partial charge in [0, 0.05) is 5.41 Å². The van der Waals surface area contributed by atoms with Gasteiger partial charge in [-0.15, -0.1) is 0 Å². The Hall–Kier alpha value is -2.13. The third-order valence-electron chi connectivity index (χ3n) is 4.44. The quantitative estimate of drug-likeness (QED) is 0.788. The maximum Gasteiger partial charge on any atom is 0.416 e. The Balaban J connectivity index is 1.66. The van der Waals surface area contributed by atoms with E-state index in [1.165, 1.54) is 18.5 Å². The topological polar surface area (TPSA) is 58.4 Å². The van der Waals surface area contributed by atoms with Gasteiger partial charge >= 0.3 is 6.18 Å². The zero-order valence-corrected chi connectivity index (χ0v) is 15.4. The molecular weight excluding hydrogens is 363 g/mol. The van der Waals surface area contributed by atoms with Gasteiger partial charge in [-0.25, -0.2) is 9.67 Å². The summed E-state index contributed by atoms with van der Waals surface area (Å²) in [5.74, 6) is -0.805. The minimum absolute atomic E-state index is 0.0799. The monoisotopic (exact) mass is 385 g/mol.